The van der Waals surface area contributed by atoms with E-state index in [9.17, 15) is 4.79 Å². The van der Waals surface area contributed by atoms with E-state index in [2.05, 4.69) is 12.2 Å². The van der Waals surface area contributed by atoms with Gasteiger partial charge in [-0.15, -0.1) is 0 Å². The molecule has 1 unspecified atom stereocenters. The summed E-state index contributed by atoms with van der Waals surface area (Å²) in [6.45, 7) is 6.94. The van der Waals surface area contributed by atoms with E-state index in [0.29, 0.717) is 0 Å². The van der Waals surface area contributed by atoms with Crippen LogP contribution >= 0.6 is 0 Å². The summed E-state index contributed by atoms with van der Waals surface area (Å²) >= 11 is 0. The third-order valence-electron chi connectivity index (χ3n) is 2.99. The van der Waals surface area contributed by atoms with Gasteiger partial charge in [-0.1, -0.05) is 19.8 Å². The van der Waals surface area contributed by atoms with Crippen molar-refractivity contribution < 1.29 is 4.79 Å². The fourth-order valence-corrected chi connectivity index (χ4v) is 2.01. The number of nitrogens with one attached hydrogen (secondary N) is 1. The van der Waals surface area contributed by atoms with Gasteiger partial charge in [-0.25, -0.2) is 0 Å². The van der Waals surface area contributed by atoms with Crippen molar-refractivity contribution in [2.24, 2.45) is 0 Å². The van der Waals surface area contributed by atoms with Gasteiger partial charge < -0.3 is 10.2 Å². The van der Waals surface area contributed by atoms with Gasteiger partial charge in [0.25, 0.3) is 0 Å². The van der Waals surface area contributed by atoms with Crippen LogP contribution in [-0.4, -0.2) is 36.5 Å². The molecule has 1 heterocycles. The first-order chi connectivity index (χ1) is 7.25. The number of amides is 1. The zero-order valence-corrected chi connectivity index (χ0v) is 10.1. The van der Waals surface area contributed by atoms with Gasteiger partial charge >= 0.3 is 0 Å². The van der Waals surface area contributed by atoms with Crippen molar-refractivity contribution in [2.75, 3.05) is 19.6 Å². The highest BCUT2D eigenvalue weighted by atomic mass is 16.2. The molecular weight excluding hydrogens is 188 g/mol. The largest absolute Gasteiger partial charge is 0.341 e. The highest BCUT2D eigenvalue weighted by Gasteiger charge is 2.20. The highest BCUT2D eigenvalue weighted by Crippen LogP contribution is 2.10. The van der Waals surface area contributed by atoms with Gasteiger partial charge in [0.15, 0.2) is 0 Å². The van der Waals surface area contributed by atoms with Crippen LogP contribution in [0.5, 0.6) is 0 Å². The number of hydrogen-bond donors (Lipinski definition) is 1. The lowest BCUT2D eigenvalue weighted by atomic mass is 10.2. The van der Waals surface area contributed by atoms with E-state index in [1.807, 2.05) is 11.8 Å². The molecule has 3 heteroatoms. The molecule has 88 valence electrons. The third kappa shape index (κ3) is 4.20. The first-order valence-corrected chi connectivity index (χ1v) is 6.28. The minimum Gasteiger partial charge on any atom is -0.341 e. The summed E-state index contributed by atoms with van der Waals surface area (Å²) in [5.74, 6) is 0.283. The number of carbonyl (C=O) groups is 1. The number of carbonyl (C=O) groups excluding carboxylic acids is 1. The van der Waals surface area contributed by atoms with Gasteiger partial charge in [-0.2, -0.15) is 0 Å². The van der Waals surface area contributed by atoms with Crippen LogP contribution in [0.3, 0.4) is 0 Å². The Morgan fingerprint density at radius 3 is 2.40 bits per heavy atom. The molecule has 1 aliphatic heterocycles. The van der Waals surface area contributed by atoms with Crippen molar-refractivity contribution in [3.05, 3.63) is 0 Å². The molecule has 1 N–H and O–H groups in total. The molecule has 0 saturated carbocycles. The summed E-state index contributed by atoms with van der Waals surface area (Å²) in [5, 5.41) is 3.26. The molecule has 1 fully saturated rings. The maximum Gasteiger partial charge on any atom is 0.239 e. The molecule has 0 bridgehead atoms. The average molecular weight is 212 g/mol. The molecule has 1 saturated heterocycles. The lowest BCUT2D eigenvalue weighted by molar-refractivity contribution is -0.133. The first kappa shape index (κ1) is 12.5. The van der Waals surface area contributed by atoms with E-state index >= 15 is 0 Å². The first-order valence-electron chi connectivity index (χ1n) is 6.28. The summed E-state index contributed by atoms with van der Waals surface area (Å²) in [6, 6.07) is -0.0111. The topological polar surface area (TPSA) is 32.3 Å². The van der Waals surface area contributed by atoms with Crippen LogP contribution in [0.15, 0.2) is 0 Å². The van der Waals surface area contributed by atoms with Crippen LogP contribution in [0.25, 0.3) is 0 Å². The lowest BCUT2D eigenvalue weighted by Gasteiger charge is -2.24. The van der Waals surface area contributed by atoms with E-state index in [-0.39, 0.29) is 11.9 Å². The van der Waals surface area contributed by atoms with Crippen LogP contribution < -0.4 is 5.32 Å². The molecule has 1 atom stereocenters. The second-order valence-electron chi connectivity index (χ2n) is 4.42. The van der Waals surface area contributed by atoms with Gasteiger partial charge in [0.1, 0.15) is 0 Å². The monoisotopic (exact) mass is 212 g/mol. The Kier molecular flexibility index (Phi) is 5.69. The van der Waals surface area contributed by atoms with E-state index < -0.39 is 0 Å². The summed E-state index contributed by atoms with van der Waals surface area (Å²) in [6.07, 6.45) is 5.98. The summed E-state index contributed by atoms with van der Waals surface area (Å²) < 4.78 is 0. The molecule has 1 rings (SSSR count). The molecule has 15 heavy (non-hydrogen) atoms. The smallest absolute Gasteiger partial charge is 0.239 e. The van der Waals surface area contributed by atoms with Crippen molar-refractivity contribution >= 4 is 5.91 Å². The molecule has 3 nitrogen and oxygen atoms in total. The van der Waals surface area contributed by atoms with Crippen LogP contribution in [0.2, 0.25) is 0 Å². The molecular formula is C12H24N2O. The van der Waals surface area contributed by atoms with Crippen molar-refractivity contribution in [3.63, 3.8) is 0 Å². The quantitative estimate of drug-likeness (QED) is 0.770. The maximum atomic E-state index is 12.0. The third-order valence-corrected chi connectivity index (χ3v) is 2.99. The van der Waals surface area contributed by atoms with Gasteiger partial charge in [-0.05, 0) is 32.7 Å². The second kappa shape index (κ2) is 6.83. The summed E-state index contributed by atoms with van der Waals surface area (Å²) in [5.41, 5.74) is 0. The zero-order valence-electron chi connectivity index (χ0n) is 10.1. The number of likely N-dealkylation sites (tertiary alicyclic amines) is 1. The van der Waals surface area contributed by atoms with E-state index in [1.54, 1.807) is 0 Å². The standard InChI is InChI=1S/C12H24N2O/c1-3-8-13-11(2)12(15)14-9-6-4-5-7-10-14/h11,13H,3-10H2,1-2H3. The van der Waals surface area contributed by atoms with Gasteiger partial charge in [-0.3, -0.25) is 4.79 Å². The highest BCUT2D eigenvalue weighted by molar-refractivity contribution is 5.81. The SMILES string of the molecule is CCCNC(C)C(=O)N1CCCCCC1. The van der Waals surface area contributed by atoms with Crippen LogP contribution in [0, 0.1) is 0 Å². The molecule has 0 radical (unpaired) electrons. The Balaban J connectivity index is 2.35. The molecule has 0 aromatic carbocycles. The predicted octanol–water partition coefficient (Wildman–Crippen LogP) is 1.78. The Hall–Kier alpha value is -0.570. The molecule has 0 aromatic heterocycles. The average Bonchev–Trinajstić information content (AvgIpc) is 2.53. The van der Waals surface area contributed by atoms with Crippen molar-refractivity contribution in [2.45, 2.75) is 52.0 Å². The fourth-order valence-electron chi connectivity index (χ4n) is 2.01. The number of rotatable bonds is 4. The van der Waals surface area contributed by atoms with Crippen molar-refractivity contribution in [3.8, 4) is 0 Å². The van der Waals surface area contributed by atoms with Crippen LogP contribution in [0.1, 0.15) is 46.0 Å². The van der Waals surface area contributed by atoms with E-state index in [4.69, 9.17) is 0 Å². The maximum absolute atomic E-state index is 12.0. The Labute approximate surface area is 93.2 Å². The van der Waals surface area contributed by atoms with Crippen LogP contribution in [0.4, 0.5) is 0 Å². The van der Waals surface area contributed by atoms with Gasteiger partial charge in [0, 0.05) is 13.1 Å². The number of hydrogen-bond acceptors (Lipinski definition) is 2. The number of nitrogens with zero attached hydrogens (tertiary/aromatic N) is 1. The predicted molar refractivity (Wildman–Crippen MR) is 62.8 cm³/mol. The Bertz CT molecular complexity index is 186. The summed E-state index contributed by atoms with van der Waals surface area (Å²) in [4.78, 5) is 14.0. The zero-order chi connectivity index (χ0) is 11.1. The molecule has 1 aliphatic rings. The molecule has 1 amide bonds. The Morgan fingerprint density at radius 1 is 1.27 bits per heavy atom. The molecule has 0 aromatic rings. The van der Waals surface area contributed by atoms with E-state index in [1.165, 1.54) is 25.7 Å². The van der Waals surface area contributed by atoms with Crippen LogP contribution in [-0.2, 0) is 4.79 Å². The second-order valence-corrected chi connectivity index (χ2v) is 4.42. The van der Waals surface area contributed by atoms with Crippen molar-refractivity contribution in [1.29, 1.82) is 0 Å². The van der Waals surface area contributed by atoms with Crippen molar-refractivity contribution in [1.82, 2.24) is 10.2 Å². The fraction of sp³-hybridized carbons (Fsp3) is 0.917. The Morgan fingerprint density at radius 2 is 1.87 bits per heavy atom. The molecule has 0 aliphatic carbocycles. The minimum absolute atomic E-state index is 0.0111. The normalized spacial score (nSPS) is 19.7. The summed E-state index contributed by atoms with van der Waals surface area (Å²) in [7, 11) is 0. The van der Waals surface area contributed by atoms with E-state index in [0.717, 1.165) is 26.1 Å². The molecule has 0 spiro atoms. The van der Waals surface area contributed by atoms with Gasteiger partial charge in [0.05, 0.1) is 6.04 Å². The lowest BCUT2D eigenvalue weighted by Crippen LogP contribution is -2.45. The minimum atomic E-state index is -0.0111. The van der Waals surface area contributed by atoms with Gasteiger partial charge in [0.2, 0.25) is 5.91 Å².